The molecule has 0 saturated carbocycles. The summed E-state index contributed by atoms with van der Waals surface area (Å²) in [6, 6.07) is 7.49. The van der Waals surface area contributed by atoms with Crippen molar-refractivity contribution >= 4 is 27.1 Å². The molecule has 0 unspecified atom stereocenters. The predicted molar refractivity (Wildman–Crippen MR) is 101 cm³/mol. The van der Waals surface area contributed by atoms with Crippen LogP contribution in [-0.4, -0.2) is 50.0 Å². The molecule has 0 spiro atoms. The third-order valence-corrected chi connectivity index (χ3v) is 8.95. The first-order valence-corrected chi connectivity index (χ1v) is 11.2. The third kappa shape index (κ3) is 4.40. The molecule has 0 radical (unpaired) electrons. The van der Waals surface area contributed by atoms with Crippen LogP contribution in [0.5, 0.6) is 5.75 Å². The molecule has 13 heteroatoms. The van der Waals surface area contributed by atoms with Crippen molar-refractivity contribution in [2.45, 2.75) is 34.3 Å². The van der Waals surface area contributed by atoms with Crippen LogP contribution in [0.25, 0.3) is 10.4 Å². The number of thiophene rings is 1. The Morgan fingerprint density at radius 2 is 1.77 bits per heavy atom. The largest absolute Gasteiger partial charge is 0.461 e. The van der Waals surface area contributed by atoms with E-state index >= 15 is 0 Å². The summed E-state index contributed by atoms with van der Waals surface area (Å²) in [5.41, 5.74) is 1.85. The average Bonchev–Trinajstić information content (AvgIpc) is 3.25. The fourth-order valence-electron chi connectivity index (χ4n) is 3.12. The maximum Gasteiger partial charge on any atom is 0.461 e. The Morgan fingerprint density at radius 1 is 1.16 bits per heavy atom. The summed E-state index contributed by atoms with van der Waals surface area (Å²) >= 11 is 0.838. The van der Waals surface area contributed by atoms with Gasteiger partial charge in [0.1, 0.15) is 9.96 Å². The normalized spacial score (nSPS) is 16.8. The fourth-order valence-corrected chi connectivity index (χ4v) is 6.68. The number of carbonyl (C=O) groups is 1. The summed E-state index contributed by atoms with van der Waals surface area (Å²) in [4.78, 5) is 12.7. The minimum Gasteiger partial charge on any atom is -0.428 e. The third-order valence-electron chi connectivity index (χ3n) is 4.82. The minimum atomic E-state index is -4.64. The summed E-state index contributed by atoms with van der Waals surface area (Å²) in [5.74, 6) is -1.54. The molecule has 2 aromatic rings. The first-order valence-electron chi connectivity index (χ1n) is 8.86. The van der Waals surface area contributed by atoms with Gasteiger partial charge in [-0.25, -0.2) is 13.9 Å². The summed E-state index contributed by atoms with van der Waals surface area (Å²) in [6.07, 6.45) is -8.92. The number of benzene rings is 1. The van der Waals surface area contributed by atoms with Crippen molar-refractivity contribution in [3.05, 3.63) is 36.4 Å². The molecule has 2 N–H and O–H groups in total. The number of carbonyl (C=O) groups excluding carboxylic acids is 1. The number of alkyl halides is 4. The molecule has 0 bridgehead atoms. The quantitative estimate of drug-likeness (QED) is 0.355. The van der Waals surface area contributed by atoms with Crippen LogP contribution >= 0.6 is 11.3 Å². The molecule has 1 aromatic heterocycles. The number of ether oxygens (including phenoxy) is 2. The highest BCUT2D eigenvalue weighted by atomic mass is 32.2. The lowest BCUT2D eigenvalue weighted by Crippen LogP contribution is -2.54. The van der Waals surface area contributed by atoms with Gasteiger partial charge in [0.2, 0.25) is 9.84 Å². The van der Waals surface area contributed by atoms with Crippen molar-refractivity contribution in [1.82, 2.24) is 5.48 Å². The van der Waals surface area contributed by atoms with Gasteiger partial charge in [-0.05, 0) is 54.8 Å². The van der Waals surface area contributed by atoms with Gasteiger partial charge in [-0.2, -0.15) is 17.6 Å². The summed E-state index contributed by atoms with van der Waals surface area (Å²) in [7, 11) is -4.20. The maximum absolute atomic E-state index is 13.2. The molecule has 1 aliphatic rings. The second-order valence-electron chi connectivity index (χ2n) is 6.66. The maximum atomic E-state index is 13.2. The zero-order chi connectivity index (χ0) is 22.9. The molecule has 1 fully saturated rings. The minimum absolute atomic E-state index is 0.0234. The number of hydrogen-bond donors (Lipinski definition) is 2. The molecule has 3 rings (SSSR count). The number of sulfone groups is 1. The van der Waals surface area contributed by atoms with Gasteiger partial charge in [0, 0.05) is 18.1 Å². The van der Waals surface area contributed by atoms with Gasteiger partial charge in [-0.15, -0.1) is 11.3 Å². The molecular formula is C18H17F4NO6S2. The van der Waals surface area contributed by atoms with Crippen molar-refractivity contribution < 1.29 is 45.5 Å². The summed E-state index contributed by atoms with van der Waals surface area (Å²) < 4.78 is 84.1. The van der Waals surface area contributed by atoms with E-state index in [2.05, 4.69) is 4.74 Å². The molecule has 2 heterocycles. The van der Waals surface area contributed by atoms with E-state index < -0.39 is 38.8 Å². The van der Waals surface area contributed by atoms with Crippen LogP contribution in [0.2, 0.25) is 0 Å². The van der Waals surface area contributed by atoms with E-state index in [4.69, 9.17) is 9.94 Å². The predicted octanol–water partition coefficient (Wildman–Crippen LogP) is 3.48. The average molecular weight is 483 g/mol. The Labute approximate surface area is 178 Å². The van der Waals surface area contributed by atoms with Crippen LogP contribution in [0.3, 0.4) is 0 Å². The first kappa shape index (κ1) is 23.4. The van der Waals surface area contributed by atoms with E-state index in [1.807, 2.05) is 0 Å². The lowest BCUT2D eigenvalue weighted by Gasteiger charge is -2.33. The number of hydroxylamine groups is 1. The van der Waals surface area contributed by atoms with Crippen LogP contribution in [0, 0.1) is 0 Å². The second-order valence-corrected chi connectivity index (χ2v) is 10.2. The topological polar surface area (TPSA) is 102 Å². The van der Waals surface area contributed by atoms with E-state index in [9.17, 15) is 30.8 Å². The van der Waals surface area contributed by atoms with E-state index in [-0.39, 0.29) is 30.3 Å². The van der Waals surface area contributed by atoms with Crippen LogP contribution in [0.1, 0.15) is 12.8 Å². The number of halogens is 4. The summed E-state index contributed by atoms with van der Waals surface area (Å²) in [6.45, 7) is 0.0468. The Morgan fingerprint density at radius 3 is 2.32 bits per heavy atom. The highest BCUT2D eigenvalue weighted by molar-refractivity contribution is 7.95. The second kappa shape index (κ2) is 8.73. The van der Waals surface area contributed by atoms with Crippen molar-refractivity contribution in [3.8, 4) is 16.2 Å². The molecule has 1 saturated heterocycles. The van der Waals surface area contributed by atoms with Crippen molar-refractivity contribution in [1.29, 1.82) is 0 Å². The lowest BCUT2D eigenvalue weighted by molar-refractivity contribution is -0.253. The molecule has 7 nitrogen and oxygen atoms in total. The standard InChI is InChI=1S/C18H17F4NO6S2/c19-15(20)18(21,22)29-12-3-1-11(2-4-12)13-5-6-14(30-13)31(26,27)17(16(24)23-25)7-9-28-10-8-17/h1-6,15,25H,7-10H2,(H,23,24). The molecular weight excluding hydrogens is 466 g/mol. The molecule has 1 aromatic carbocycles. The molecule has 0 atom stereocenters. The van der Waals surface area contributed by atoms with E-state index in [0.29, 0.717) is 10.4 Å². The fraction of sp³-hybridized carbons (Fsp3) is 0.389. The highest BCUT2D eigenvalue weighted by Crippen LogP contribution is 2.40. The first-order chi connectivity index (χ1) is 14.5. The van der Waals surface area contributed by atoms with Gasteiger partial charge in [-0.3, -0.25) is 10.0 Å². The van der Waals surface area contributed by atoms with Gasteiger partial charge in [0.15, 0.2) is 4.75 Å². The van der Waals surface area contributed by atoms with E-state index in [1.54, 1.807) is 0 Å². The smallest absolute Gasteiger partial charge is 0.428 e. The monoisotopic (exact) mass is 483 g/mol. The zero-order valence-corrected chi connectivity index (χ0v) is 17.3. The van der Waals surface area contributed by atoms with Crippen molar-refractivity contribution in [2.24, 2.45) is 0 Å². The number of nitrogens with one attached hydrogen (secondary N) is 1. The highest BCUT2D eigenvalue weighted by Gasteiger charge is 2.53. The Hall–Kier alpha value is -2.22. The zero-order valence-electron chi connectivity index (χ0n) is 15.7. The van der Waals surface area contributed by atoms with Crippen LogP contribution in [-0.2, 0) is 19.4 Å². The van der Waals surface area contributed by atoms with E-state index in [1.165, 1.54) is 29.7 Å². The number of hydrogen-bond acceptors (Lipinski definition) is 7. The SMILES string of the molecule is O=C(NO)C1(S(=O)(=O)c2ccc(-c3ccc(OC(F)(F)C(F)F)cc3)s2)CCOCC1. The van der Waals surface area contributed by atoms with Crippen LogP contribution < -0.4 is 10.2 Å². The van der Waals surface area contributed by atoms with Crippen molar-refractivity contribution in [3.63, 3.8) is 0 Å². The number of amides is 1. The molecule has 1 aliphatic heterocycles. The van der Waals surface area contributed by atoms with E-state index in [0.717, 1.165) is 23.5 Å². The van der Waals surface area contributed by atoms with Gasteiger partial charge < -0.3 is 9.47 Å². The van der Waals surface area contributed by atoms with Crippen LogP contribution in [0.4, 0.5) is 17.6 Å². The molecule has 31 heavy (non-hydrogen) atoms. The van der Waals surface area contributed by atoms with Crippen LogP contribution in [0.15, 0.2) is 40.6 Å². The Bertz CT molecular complexity index is 1030. The van der Waals surface area contributed by atoms with Crippen molar-refractivity contribution in [2.75, 3.05) is 13.2 Å². The Balaban J connectivity index is 1.88. The van der Waals surface area contributed by atoms with Gasteiger partial charge in [0.05, 0.1) is 0 Å². The Kier molecular flexibility index (Phi) is 6.60. The van der Waals surface area contributed by atoms with Gasteiger partial charge in [-0.1, -0.05) is 0 Å². The van der Waals surface area contributed by atoms with Gasteiger partial charge >= 0.3 is 12.5 Å². The van der Waals surface area contributed by atoms with Gasteiger partial charge in [0.25, 0.3) is 5.91 Å². The molecule has 0 aliphatic carbocycles. The number of rotatable bonds is 7. The summed E-state index contributed by atoms with van der Waals surface area (Å²) in [5, 5.41) is 9.07. The molecule has 1 amide bonds. The molecule has 170 valence electrons. The lowest BCUT2D eigenvalue weighted by atomic mass is 9.98.